The molecule has 0 atom stereocenters. The number of nitrogens with zero attached hydrogens (tertiary/aromatic N) is 4. The Morgan fingerprint density at radius 2 is 1.70 bits per heavy atom. The van der Waals surface area contributed by atoms with Crippen molar-refractivity contribution in [1.82, 2.24) is 24.4 Å². The molecule has 0 bridgehead atoms. The van der Waals surface area contributed by atoms with Crippen molar-refractivity contribution in [2.75, 3.05) is 0 Å². The van der Waals surface area contributed by atoms with E-state index in [1.54, 1.807) is 24.5 Å². The van der Waals surface area contributed by atoms with E-state index in [1.165, 1.54) is 9.13 Å². The summed E-state index contributed by atoms with van der Waals surface area (Å²) >= 11 is 0. The molecule has 134 valence electrons. The molecule has 1 N–H and O–H groups in total. The van der Waals surface area contributed by atoms with Gasteiger partial charge in [0, 0.05) is 12.4 Å². The average molecular weight is 359 g/mol. The fourth-order valence-corrected chi connectivity index (χ4v) is 2.94. The van der Waals surface area contributed by atoms with E-state index in [-0.39, 0.29) is 18.1 Å². The first-order chi connectivity index (χ1) is 13.2. The monoisotopic (exact) mass is 359 g/mol. The Morgan fingerprint density at radius 1 is 0.926 bits per heavy atom. The molecule has 0 aliphatic heterocycles. The first kappa shape index (κ1) is 16.7. The van der Waals surface area contributed by atoms with Crippen molar-refractivity contribution < 1.29 is 4.79 Å². The van der Waals surface area contributed by atoms with E-state index < -0.39 is 0 Å². The van der Waals surface area contributed by atoms with Gasteiger partial charge in [0.1, 0.15) is 6.54 Å². The van der Waals surface area contributed by atoms with Crippen molar-refractivity contribution >= 4 is 17.1 Å². The van der Waals surface area contributed by atoms with Gasteiger partial charge in [-0.25, -0.2) is 14.3 Å². The van der Waals surface area contributed by atoms with Crippen molar-refractivity contribution in [3.8, 4) is 5.69 Å². The molecule has 0 saturated carbocycles. The van der Waals surface area contributed by atoms with Crippen LogP contribution in [0.25, 0.3) is 16.9 Å². The van der Waals surface area contributed by atoms with Crippen LogP contribution in [0.5, 0.6) is 0 Å². The number of aromatic nitrogens is 4. The molecule has 0 unspecified atom stereocenters. The van der Waals surface area contributed by atoms with Gasteiger partial charge in [-0.05, 0) is 36.4 Å². The summed E-state index contributed by atoms with van der Waals surface area (Å²) in [6.45, 7) is 0.220. The zero-order chi connectivity index (χ0) is 18.6. The highest BCUT2D eigenvalue weighted by Gasteiger charge is 2.17. The van der Waals surface area contributed by atoms with Gasteiger partial charge < -0.3 is 5.32 Å². The number of nitrogens with one attached hydrogen (secondary N) is 1. The van der Waals surface area contributed by atoms with Crippen molar-refractivity contribution in [2.45, 2.75) is 13.1 Å². The van der Waals surface area contributed by atoms with E-state index >= 15 is 0 Å². The highest BCUT2D eigenvalue weighted by atomic mass is 16.2. The summed E-state index contributed by atoms with van der Waals surface area (Å²) in [5, 5.41) is 2.80. The molecule has 1 aromatic carbocycles. The first-order valence-corrected chi connectivity index (χ1v) is 8.52. The molecule has 0 aliphatic rings. The Balaban J connectivity index is 1.65. The molecule has 0 radical (unpaired) electrons. The lowest BCUT2D eigenvalue weighted by atomic mass is 10.3. The van der Waals surface area contributed by atoms with Crippen molar-refractivity contribution in [1.29, 1.82) is 0 Å². The first-order valence-electron chi connectivity index (χ1n) is 8.52. The van der Waals surface area contributed by atoms with Gasteiger partial charge in [-0.2, -0.15) is 0 Å². The van der Waals surface area contributed by atoms with E-state index in [4.69, 9.17) is 0 Å². The van der Waals surface area contributed by atoms with E-state index in [2.05, 4.69) is 15.3 Å². The predicted octanol–water partition coefficient (Wildman–Crippen LogP) is 1.90. The third-order valence-electron chi connectivity index (χ3n) is 4.20. The Morgan fingerprint density at radius 3 is 2.48 bits per heavy atom. The van der Waals surface area contributed by atoms with Crippen LogP contribution in [0.1, 0.15) is 5.69 Å². The van der Waals surface area contributed by atoms with Crippen LogP contribution in [0.3, 0.4) is 0 Å². The number of amides is 1. The minimum absolute atomic E-state index is 0.0896. The Hall–Kier alpha value is -3.74. The fraction of sp³-hybridized carbons (Fsp3) is 0.100. The normalized spacial score (nSPS) is 10.8. The topological polar surface area (TPSA) is 81.8 Å². The number of para-hydroxylation sites is 1. The van der Waals surface area contributed by atoms with Crippen LogP contribution in [0.2, 0.25) is 0 Å². The van der Waals surface area contributed by atoms with Gasteiger partial charge in [0.25, 0.3) is 0 Å². The molecule has 1 amide bonds. The summed E-state index contributed by atoms with van der Waals surface area (Å²) in [5.74, 6) is -0.265. The van der Waals surface area contributed by atoms with Gasteiger partial charge in [0.15, 0.2) is 5.65 Å². The number of fused-ring (bicyclic) bond motifs is 1. The van der Waals surface area contributed by atoms with Gasteiger partial charge in [0.2, 0.25) is 5.91 Å². The van der Waals surface area contributed by atoms with Crippen molar-refractivity contribution in [3.05, 3.63) is 89.2 Å². The SMILES string of the molecule is O=C(Cn1c(=O)n(-c2ccccc2)c2ncccc21)NCc1ccccn1. The van der Waals surface area contributed by atoms with Crippen LogP contribution in [-0.2, 0) is 17.9 Å². The second-order valence-electron chi connectivity index (χ2n) is 5.98. The predicted molar refractivity (Wildman–Crippen MR) is 101 cm³/mol. The number of imidazole rings is 1. The second-order valence-corrected chi connectivity index (χ2v) is 5.98. The Kier molecular flexibility index (Phi) is 4.49. The maximum atomic E-state index is 13.0. The molecule has 0 fully saturated rings. The minimum Gasteiger partial charge on any atom is -0.349 e. The summed E-state index contributed by atoms with van der Waals surface area (Å²) in [4.78, 5) is 33.9. The zero-order valence-electron chi connectivity index (χ0n) is 14.4. The summed E-state index contributed by atoms with van der Waals surface area (Å²) in [7, 11) is 0. The van der Waals surface area contributed by atoms with Gasteiger partial charge in [0.05, 0.1) is 23.4 Å². The number of carbonyl (C=O) groups excluding carboxylic acids is 1. The third kappa shape index (κ3) is 3.35. The smallest absolute Gasteiger partial charge is 0.335 e. The highest BCUT2D eigenvalue weighted by molar-refractivity contribution is 5.80. The number of hydrogen-bond donors (Lipinski definition) is 1. The molecular formula is C20H17N5O2. The van der Waals surface area contributed by atoms with Crippen LogP contribution >= 0.6 is 0 Å². The molecule has 0 spiro atoms. The highest BCUT2D eigenvalue weighted by Crippen LogP contribution is 2.15. The molecular weight excluding hydrogens is 342 g/mol. The van der Waals surface area contributed by atoms with Crippen LogP contribution in [0.15, 0.2) is 77.9 Å². The number of hydrogen-bond acceptors (Lipinski definition) is 4. The summed E-state index contributed by atoms with van der Waals surface area (Å²) < 4.78 is 2.95. The van der Waals surface area contributed by atoms with Gasteiger partial charge in [-0.3, -0.25) is 14.3 Å². The largest absolute Gasteiger partial charge is 0.349 e. The number of pyridine rings is 2. The fourth-order valence-electron chi connectivity index (χ4n) is 2.94. The zero-order valence-corrected chi connectivity index (χ0v) is 14.4. The van der Waals surface area contributed by atoms with E-state index in [1.807, 2.05) is 48.5 Å². The molecule has 3 heterocycles. The van der Waals surface area contributed by atoms with E-state index in [0.29, 0.717) is 23.4 Å². The van der Waals surface area contributed by atoms with Gasteiger partial charge in [-0.15, -0.1) is 0 Å². The lowest BCUT2D eigenvalue weighted by molar-refractivity contribution is -0.121. The minimum atomic E-state index is -0.303. The standard InChI is InChI=1S/C20H17N5O2/c26-18(23-13-15-7-4-5-11-21-15)14-24-17-10-6-12-22-19(17)25(20(24)27)16-8-2-1-3-9-16/h1-12H,13-14H2,(H,23,26). The number of carbonyl (C=O) groups is 1. The summed E-state index contributed by atoms with van der Waals surface area (Å²) in [6, 6.07) is 18.3. The quantitative estimate of drug-likeness (QED) is 0.590. The van der Waals surface area contributed by atoms with Crippen LogP contribution in [0.4, 0.5) is 0 Å². The molecule has 27 heavy (non-hydrogen) atoms. The number of benzene rings is 1. The van der Waals surface area contributed by atoms with Gasteiger partial charge >= 0.3 is 5.69 Å². The van der Waals surface area contributed by atoms with Crippen LogP contribution in [-0.4, -0.2) is 25.0 Å². The maximum Gasteiger partial charge on any atom is 0.335 e. The Labute approximate surface area is 154 Å². The second kappa shape index (κ2) is 7.25. The summed E-state index contributed by atoms with van der Waals surface area (Å²) in [6.07, 6.45) is 3.30. The molecule has 3 aromatic heterocycles. The molecule has 4 rings (SSSR count). The van der Waals surface area contributed by atoms with E-state index in [9.17, 15) is 9.59 Å². The van der Waals surface area contributed by atoms with E-state index in [0.717, 1.165) is 5.69 Å². The third-order valence-corrected chi connectivity index (χ3v) is 4.20. The molecule has 0 saturated heterocycles. The lowest BCUT2D eigenvalue weighted by Gasteiger charge is -2.05. The average Bonchev–Trinajstić information content (AvgIpc) is 2.99. The number of rotatable bonds is 5. The van der Waals surface area contributed by atoms with Crippen LogP contribution < -0.4 is 11.0 Å². The summed E-state index contributed by atoms with van der Waals surface area (Å²) in [5.41, 5.74) is 2.29. The lowest BCUT2D eigenvalue weighted by Crippen LogP contribution is -2.32. The van der Waals surface area contributed by atoms with Gasteiger partial charge in [-0.1, -0.05) is 24.3 Å². The van der Waals surface area contributed by atoms with Crippen molar-refractivity contribution in [3.63, 3.8) is 0 Å². The maximum absolute atomic E-state index is 13.0. The molecule has 0 aliphatic carbocycles. The van der Waals surface area contributed by atoms with Crippen molar-refractivity contribution in [2.24, 2.45) is 0 Å². The molecule has 7 nitrogen and oxygen atoms in total. The molecule has 7 heteroatoms. The van der Waals surface area contributed by atoms with Crippen LogP contribution in [0, 0.1) is 0 Å². The Bertz CT molecular complexity index is 1130. The molecule has 4 aromatic rings.